The van der Waals surface area contributed by atoms with Crippen LogP contribution in [0.5, 0.6) is 0 Å². The van der Waals surface area contributed by atoms with Crippen LogP contribution in [0.4, 0.5) is 4.39 Å². The molecule has 1 aromatic carbocycles. The number of nitrogens with zero attached hydrogens (tertiary/aromatic N) is 1. The molecule has 98 valence electrons. The van der Waals surface area contributed by atoms with Crippen LogP contribution in [-0.4, -0.2) is 15.9 Å². The lowest BCUT2D eigenvalue weighted by Gasteiger charge is -2.04. The molecule has 1 amide bonds. The highest BCUT2D eigenvalue weighted by Crippen LogP contribution is 2.02. The van der Waals surface area contributed by atoms with Crippen molar-refractivity contribution in [3.05, 3.63) is 63.6 Å². The summed E-state index contributed by atoms with van der Waals surface area (Å²) in [6.07, 6.45) is 1.23. The number of H-pyrrole nitrogens is 1. The molecule has 0 spiro atoms. The van der Waals surface area contributed by atoms with E-state index in [1.165, 1.54) is 18.3 Å². The predicted molar refractivity (Wildman–Crippen MR) is 67.2 cm³/mol. The minimum Gasteiger partial charge on any atom is -0.348 e. The van der Waals surface area contributed by atoms with Crippen LogP contribution in [0.2, 0.25) is 0 Å². The lowest BCUT2D eigenvalue weighted by Crippen LogP contribution is -2.29. The molecule has 0 aliphatic rings. The molecule has 1 heterocycles. The van der Waals surface area contributed by atoms with Crippen molar-refractivity contribution in [3.8, 4) is 0 Å². The maximum Gasteiger partial charge on any atom is 0.263 e. The third-order valence-corrected chi connectivity index (χ3v) is 2.54. The zero-order valence-corrected chi connectivity index (χ0v) is 10.2. The molecule has 19 heavy (non-hydrogen) atoms. The van der Waals surface area contributed by atoms with Gasteiger partial charge in [-0.25, -0.2) is 9.37 Å². The van der Waals surface area contributed by atoms with Crippen LogP contribution in [0, 0.1) is 12.7 Å². The summed E-state index contributed by atoms with van der Waals surface area (Å²) in [5, 5.41) is 2.57. The van der Waals surface area contributed by atoms with Gasteiger partial charge in [0.2, 0.25) is 0 Å². The zero-order chi connectivity index (χ0) is 13.8. The Labute approximate surface area is 108 Å². The highest BCUT2D eigenvalue weighted by molar-refractivity contribution is 5.93. The lowest BCUT2D eigenvalue weighted by molar-refractivity contribution is 0.0949. The summed E-state index contributed by atoms with van der Waals surface area (Å²) in [7, 11) is 0. The van der Waals surface area contributed by atoms with Gasteiger partial charge in [0, 0.05) is 12.7 Å². The van der Waals surface area contributed by atoms with Crippen molar-refractivity contribution in [1.82, 2.24) is 15.3 Å². The van der Waals surface area contributed by atoms with E-state index in [0.717, 1.165) is 5.56 Å². The van der Waals surface area contributed by atoms with E-state index in [4.69, 9.17) is 0 Å². The van der Waals surface area contributed by atoms with Crippen LogP contribution in [0.15, 0.2) is 35.3 Å². The average Bonchev–Trinajstić information content (AvgIpc) is 2.37. The monoisotopic (exact) mass is 261 g/mol. The predicted octanol–water partition coefficient (Wildman–Crippen LogP) is 1.15. The Balaban J connectivity index is 2.05. The molecule has 0 aliphatic heterocycles. The summed E-state index contributed by atoms with van der Waals surface area (Å²) in [5.74, 6) is -0.410. The summed E-state index contributed by atoms with van der Waals surface area (Å²) in [4.78, 5) is 29.6. The molecule has 2 N–H and O–H groups in total. The maximum absolute atomic E-state index is 12.7. The Morgan fingerprint density at radius 2 is 2.05 bits per heavy atom. The van der Waals surface area contributed by atoms with Crippen molar-refractivity contribution in [1.29, 1.82) is 0 Å². The zero-order valence-electron chi connectivity index (χ0n) is 10.2. The molecule has 0 saturated heterocycles. The second kappa shape index (κ2) is 5.43. The highest BCUT2D eigenvalue weighted by Gasteiger charge is 2.10. The van der Waals surface area contributed by atoms with Gasteiger partial charge in [0.1, 0.15) is 17.2 Å². The van der Waals surface area contributed by atoms with E-state index in [0.29, 0.717) is 5.82 Å². The van der Waals surface area contributed by atoms with E-state index in [1.807, 2.05) is 0 Å². The van der Waals surface area contributed by atoms with Crippen LogP contribution in [0.25, 0.3) is 0 Å². The van der Waals surface area contributed by atoms with Gasteiger partial charge in [-0.3, -0.25) is 9.59 Å². The van der Waals surface area contributed by atoms with Gasteiger partial charge in [-0.05, 0) is 24.6 Å². The van der Waals surface area contributed by atoms with E-state index < -0.39 is 11.5 Å². The van der Waals surface area contributed by atoms with E-state index in [-0.39, 0.29) is 17.9 Å². The van der Waals surface area contributed by atoms with E-state index >= 15 is 0 Å². The molecular weight excluding hydrogens is 249 g/mol. The number of hydrogen-bond acceptors (Lipinski definition) is 3. The van der Waals surface area contributed by atoms with Gasteiger partial charge >= 0.3 is 0 Å². The average molecular weight is 261 g/mol. The van der Waals surface area contributed by atoms with Gasteiger partial charge in [-0.15, -0.1) is 0 Å². The molecule has 0 aliphatic carbocycles. The van der Waals surface area contributed by atoms with Gasteiger partial charge in [-0.2, -0.15) is 0 Å². The van der Waals surface area contributed by atoms with Crippen molar-refractivity contribution in [2.75, 3.05) is 0 Å². The van der Waals surface area contributed by atoms with Crippen LogP contribution < -0.4 is 10.9 Å². The number of carbonyl (C=O) groups excluding carboxylic acids is 1. The van der Waals surface area contributed by atoms with E-state index in [1.54, 1.807) is 19.1 Å². The quantitative estimate of drug-likeness (QED) is 0.870. The molecule has 0 atom stereocenters. The third-order valence-electron chi connectivity index (χ3n) is 2.54. The maximum atomic E-state index is 12.7. The molecule has 5 nitrogen and oxygen atoms in total. The third kappa shape index (κ3) is 3.25. The van der Waals surface area contributed by atoms with Gasteiger partial charge < -0.3 is 10.3 Å². The van der Waals surface area contributed by atoms with Crippen molar-refractivity contribution in [3.63, 3.8) is 0 Å². The number of rotatable bonds is 3. The number of benzene rings is 1. The first-order valence-corrected chi connectivity index (χ1v) is 5.65. The molecule has 0 bridgehead atoms. The number of nitrogens with one attached hydrogen (secondary N) is 2. The van der Waals surface area contributed by atoms with Crippen molar-refractivity contribution in [2.45, 2.75) is 13.5 Å². The van der Waals surface area contributed by atoms with Crippen molar-refractivity contribution >= 4 is 5.91 Å². The molecule has 2 aromatic rings. The molecule has 0 saturated carbocycles. The highest BCUT2D eigenvalue weighted by atomic mass is 19.1. The fourth-order valence-electron chi connectivity index (χ4n) is 1.53. The Hall–Kier alpha value is -2.50. The Kier molecular flexibility index (Phi) is 3.70. The number of halogens is 1. The molecule has 6 heteroatoms. The minimum absolute atomic E-state index is 0.0484. The SMILES string of the molecule is Cc1ncc(C(=O)NCc2ccc(F)cc2)c(=O)[nH]1. The summed E-state index contributed by atoms with van der Waals surface area (Å²) >= 11 is 0. The van der Waals surface area contributed by atoms with Crippen LogP contribution in [0.3, 0.4) is 0 Å². The molecule has 0 fully saturated rings. The molecule has 0 unspecified atom stereocenters. The summed E-state index contributed by atoms with van der Waals surface area (Å²) in [5.41, 5.74) is 0.211. The standard InChI is InChI=1S/C13H12FN3O2/c1-8-15-7-11(13(19)17-8)12(18)16-6-9-2-4-10(14)5-3-9/h2-5,7H,6H2,1H3,(H,16,18)(H,15,17,19). The van der Waals surface area contributed by atoms with Crippen LogP contribution in [0.1, 0.15) is 21.7 Å². The summed E-state index contributed by atoms with van der Waals surface area (Å²) in [6, 6.07) is 5.74. The van der Waals surface area contributed by atoms with Gasteiger partial charge in [-0.1, -0.05) is 12.1 Å². The second-order valence-corrected chi connectivity index (χ2v) is 4.02. The molecule has 1 aromatic heterocycles. The first kappa shape index (κ1) is 12.9. The first-order chi connectivity index (χ1) is 9.06. The summed E-state index contributed by atoms with van der Waals surface area (Å²) in [6.45, 7) is 1.84. The number of aromatic amines is 1. The van der Waals surface area contributed by atoms with Gasteiger partial charge in [0.25, 0.3) is 11.5 Å². The second-order valence-electron chi connectivity index (χ2n) is 4.02. The fraction of sp³-hybridized carbons (Fsp3) is 0.154. The Morgan fingerprint density at radius 3 is 2.68 bits per heavy atom. The lowest BCUT2D eigenvalue weighted by atomic mass is 10.2. The number of amides is 1. The smallest absolute Gasteiger partial charge is 0.263 e. The van der Waals surface area contributed by atoms with Crippen LogP contribution >= 0.6 is 0 Å². The topological polar surface area (TPSA) is 74.8 Å². The van der Waals surface area contributed by atoms with Crippen LogP contribution in [-0.2, 0) is 6.54 Å². The molecular formula is C13H12FN3O2. The number of carbonyl (C=O) groups is 1. The number of aryl methyl sites for hydroxylation is 1. The fourth-order valence-corrected chi connectivity index (χ4v) is 1.53. The van der Waals surface area contributed by atoms with Gasteiger partial charge in [0.05, 0.1) is 0 Å². The first-order valence-electron chi connectivity index (χ1n) is 5.65. The summed E-state index contributed by atoms with van der Waals surface area (Å²) < 4.78 is 12.7. The Bertz CT molecular complexity index is 650. The minimum atomic E-state index is -0.516. The number of aromatic nitrogens is 2. The normalized spacial score (nSPS) is 10.2. The van der Waals surface area contributed by atoms with E-state index in [2.05, 4.69) is 15.3 Å². The van der Waals surface area contributed by atoms with Crippen molar-refractivity contribution < 1.29 is 9.18 Å². The largest absolute Gasteiger partial charge is 0.348 e. The molecule has 2 rings (SSSR count). The molecule has 0 radical (unpaired) electrons. The Morgan fingerprint density at radius 1 is 1.37 bits per heavy atom. The van der Waals surface area contributed by atoms with Crippen molar-refractivity contribution in [2.24, 2.45) is 0 Å². The number of hydrogen-bond donors (Lipinski definition) is 2. The van der Waals surface area contributed by atoms with E-state index in [9.17, 15) is 14.0 Å². The van der Waals surface area contributed by atoms with Gasteiger partial charge in [0.15, 0.2) is 0 Å².